The molecule has 0 aromatic heterocycles. The van der Waals surface area contributed by atoms with Gasteiger partial charge in [0.05, 0.1) is 4.90 Å². The van der Waals surface area contributed by atoms with Gasteiger partial charge in [-0.25, -0.2) is 8.42 Å². The maximum Gasteiger partial charge on any atom is 0.261 e. The number of carbonyl (C=O) groups excluding carboxylic acids is 1. The van der Waals surface area contributed by atoms with Crippen LogP contribution in [0.2, 0.25) is 5.02 Å². The molecule has 3 aromatic rings. The lowest BCUT2D eigenvalue weighted by atomic mass is 10.1. The fraction of sp³-hybridized carbons (Fsp3) is 0.174. The van der Waals surface area contributed by atoms with Crippen LogP contribution in [0.3, 0.4) is 0 Å². The molecule has 3 aromatic carbocycles. The molecule has 0 aliphatic carbocycles. The van der Waals surface area contributed by atoms with Crippen molar-refractivity contribution in [2.24, 2.45) is 0 Å². The van der Waals surface area contributed by atoms with Crippen LogP contribution in [-0.2, 0) is 16.4 Å². The maximum absolute atomic E-state index is 12.4. The third kappa shape index (κ3) is 6.08. The van der Waals surface area contributed by atoms with Gasteiger partial charge in [0.1, 0.15) is 0 Å². The summed E-state index contributed by atoms with van der Waals surface area (Å²) in [5.41, 5.74) is 3.32. The van der Waals surface area contributed by atoms with Gasteiger partial charge in [-0.15, -0.1) is 0 Å². The molecular weight excluding hydrogens is 420 g/mol. The van der Waals surface area contributed by atoms with E-state index in [2.05, 4.69) is 35.2 Å². The van der Waals surface area contributed by atoms with Crippen molar-refractivity contribution in [1.82, 2.24) is 5.32 Å². The van der Waals surface area contributed by atoms with Gasteiger partial charge in [-0.2, -0.15) is 0 Å². The van der Waals surface area contributed by atoms with Gasteiger partial charge in [0.2, 0.25) is 0 Å². The van der Waals surface area contributed by atoms with Crippen LogP contribution in [0.4, 0.5) is 5.69 Å². The Morgan fingerprint density at radius 2 is 1.67 bits per heavy atom. The van der Waals surface area contributed by atoms with Crippen LogP contribution in [0.15, 0.2) is 77.7 Å². The summed E-state index contributed by atoms with van der Waals surface area (Å²) in [5, 5.41) is 3.35. The van der Waals surface area contributed by atoms with E-state index in [1.807, 2.05) is 6.07 Å². The number of halogens is 1. The fourth-order valence-corrected chi connectivity index (χ4v) is 4.17. The van der Waals surface area contributed by atoms with E-state index in [1.54, 1.807) is 24.3 Å². The lowest BCUT2D eigenvalue weighted by Crippen LogP contribution is -2.24. The maximum atomic E-state index is 12.4. The largest absolute Gasteiger partial charge is 0.352 e. The van der Waals surface area contributed by atoms with E-state index in [0.717, 1.165) is 12.8 Å². The zero-order valence-corrected chi connectivity index (χ0v) is 18.1. The summed E-state index contributed by atoms with van der Waals surface area (Å²) in [6.07, 6.45) is 1.74. The topological polar surface area (TPSA) is 75.3 Å². The molecule has 156 valence electrons. The van der Waals surface area contributed by atoms with Crippen molar-refractivity contribution in [2.45, 2.75) is 24.7 Å². The number of hydrogen-bond donors (Lipinski definition) is 2. The Balaban J connectivity index is 1.52. The second kappa shape index (κ2) is 9.78. The molecule has 2 N–H and O–H groups in total. The SMILES string of the molecule is Cc1cccc(CCCNC(=O)c2ccc(NS(=O)(=O)c3ccc(Cl)cc3)cc2)c1. The van der Waals surface area contributed by atoms with Crippen molar-refractivity contribution in [3.63, 3.8) is 0 Å². The first-order valence-electron chi connectivity index (χ1n) is 9.56. The smallest absolute Gasteiger partial charge is 0.261 e. The van der Waals surface area contributed by atoms with E-state index in [4.69, 9.17) is 11.6 Å². The number of anilines is 1. The molecule has 0 fully saturated rings. The van der Waals surface area contributed by atoms with E-state index in [9.17, 15) is 13.2 Å². The van der Waals surface area contributed by atoms with E-state index >= 15 is 0 Å². The normalized spacial score (nSPS) is 11.1. The summed E-state index contributed by atoms with van der Waals surface area (Å²) in [5.74, 6) is -0.189. The number of sulfonamides is 1. The zero-order chi connectivity index (χ0) is 21.6. The van der Waals surface area contributed by atoms with Crippen LogP contribution >= 0.6 is 11.6 Å². The highest BCUT2D eigenvalue weighted by molar-refractivity contribution is 7.92. The van der Waals surface area contributed by atoms with E-state index < -0.39 is 10.0 Å². The van der Waals surface area contributed by atoms with Crippen molar-refractivity contribution in [3.05, 3.63) is 94.5 Å². The molecule has 0 aliphatic rings. The van der Waals surface area contributed by atoms with Crippen molar-refractivity contribution in [1.29, 1.82) is 0 Å². The van der Waals surface area contributed by atoms with Crippen LogP contribution in [0.25, 0.3) is 0 Å². The van der Waals surface area contributed by atoms with Crippen LogP contribution in [-0.4, -0.2) is 20.9 Å². The van der Waals surface area contributed by atoms with Crippen LogP contribution in [0.1, 0.15) is 27.9 Å². The predicted octanol–water partition coefficient (Wildman–Crippen LogP) is 4.81. The molecule has 0 bridgehead atoms. The van der Waals surface area contributed by atoms with Gasteiger partial charge >= 0.3 is 0 Å². The van der Waals surface area contributed by atoms with Gasteiger partial charge in [0.25, 0.3) is 15.9 Å². The Hall–Kier alpha value is -2.83. The summed E-state index contributed by atoms with van der Waals surface area (Å²) in [6, 6.07) is 20.5. The molecule has 0 radical (unpaired) electrons. The minimum absolute atomic E-state index is 0.113. The summed E-state index contributed by atoms with van der Waals surface area (Å²) >= 11 is 5.80. The third-order valence-electron chi connectivity index (χ3n) is 4.53. The fourth-order valence-electron chi connectivity index (χ4n) is 2.98. The van der Waals surface area contributed by atoms with E-state index in [1.165, 1.54) is 35.4 Å². The summed E-state index contributed by atoms with van der Waals surface area (Å²) in [7, 11) is -3.72. The number of rotatable bonds is 8. The lowest BCUT2D eigenvalue weighted by Gasteiger charge is -2.09. The van der Waals surface area contributed by atoms with Gasteiger partial charge in [0.15, 0.2) is 0 Å². The molecule has 30 heavy (non-hydrogen) atoms. The summed E-state index contributed by atoms with van der Waals surface area (Å²) in [4.78, 5) is 12.4. The van der Waals surface area contributed by atoms with Gasteiger partial charge < -0.3 is 5.32 Å². The Bertz CT molecular complexity index is 1110. The van der Waals surface area contributed by atoms with Crippen LogP contribution in [0.5, 0.6) is 0 Å². The van der Waals surface area contributed by atoms with Crippen LogP contribution in [0, 0.1) is 6.92 Å². The molecule has 0 saturated carbocycles. The molecule has 0 saturated heterocycles. The molecular formula is C23H23ClN2O3S. The van der Waals surface area contributed by atoms with E-state index in [-0.39, 0.29) is 10.8 Å². The summed E-state index contributed by atoms with van der Waals surface area (Å²) < 4.78 is 27.3. The Kier molecular flexibility index (Phi) is 7.13. The molecule has 0 spiro atoms. The minimum Gasteiger partial charge on any atom is -0.352 e. The molecule has 0 unspecified atom stereocenters. The standard InChI is InChI=1S/C23H23ClN2O3S/c1-17-4-2-5-18(16-17)6-3-15-25-23(27)19-7-11-21(12-8-19)26-30(28,29)22-13-9-20(24)10-14-22/h2,4-5,7-14,16,26H,3,6,15H2,1H3,(H,25,27). The Labute approximate surface area is 182 Å². The van der Waals surface area contributed by atoms with Crippen molar-refractivity contribution >= 4 is 33.2 Å². The average Bonchev–Trinajstić information content (AvgIpc) is 2.72. The Morgan fingerprint density at radius 3 is 2.33 bits per heavy atom. The molecule has 7 heteroatoms. The molecule has 5 nitrogen and oxygen atoms in total. The van der Waals surface area contributed by atoms with Gasteiger partial charge in [-0.05, 0) is 73.9 Å². The number of carbonyl (C=O) groups is 1. The lowest BCUT2D eigenvalue weighted by molar-refractivity contribution is 0.0953. The van der Waals surface area contributed by atoms with Crippen LogP contribution < -0.4 is 10.0 Å². The molecule has 0 atom stereocenters. The third-order valence-corrected chi connectivity index (χ3v) is 6.18. The van der Waals surface area contributed by atoms with Crippen molar-refractivity contribution < 1.29 is 13.2 Å². The van der Waals surface area contributed by atoms with Gasteiger partial charge in [-0.1, -0.05) is 41.4 Å². The first kappa shape index (κ1) is 21.9. The van der Waals surface area contributed by atoms with Gasteiger partial charge in [-0.3, -0.25) is 9.52 Å². The first-order valence-corrected chi connectivity index (χ1v) is 11.4. The molecule has 0 heterocycles. The van der Waals surface area contributed by atoms with Gasteiger partial charge in [0, 0.05) is 22.8 Å². The predicted molar refractivity (Wildman–Crippen MR) is 121 cm³/mol. The number of hydrogen-bond acceptors (Lipinski definition) is 3. The second-order valence-corrected chi connectivity index (χ2v) is 9.10. The first-order chi connectivity index (χ1) is 14.3. The molecule has 0 aliphatic heterocycles. The number of nitrogens with one attached hydrogen (secondary N) is 2. The highest BCUT2D eigenvalue weighted by Crippen LogP contribution is 2.18. The molecule has 1 amide bonds. The average molecular weight is 443 g/mol. The monoisotopic (exact) mass is 442 g/mol. The zero-order valence-electron chi connectivity index (χ0n) is 16.6. The number of amides is 1. The number of aryl methyl sites for hydroxylation is 2. The summed E-state index contributed by atoms with van der Waals surface area (Å²) in [6.45, 7) is 2.63. The molecule has 3 rings (SSSR count). The highest BCUT2D eigenvalue weighted by Gasteiger charge is 2.14. The highest BCUT2D eigenvalue weighted by atomic mass is 35.5. The van der Waals surface area contributed by atoms with Crippen molar-refractivity contribution in [2.75, 3.05) is 11.3 Å². The Morgan fingerprint density at radius 1 is 0.967 bits per heavy atom. The minimum atomic E-state index is -3.72. The number of benzene rings is 3. The van der Waals surface area contributed by atoms with E-state index in [0.29, 0.717) is 22.8 Å². The van der Waals surface area contributed by atoms with Crippen molar-refractivity contribution in [3.8, 4) is 0 Å². The quantitative estimate of drug-likeness (QED) is 0.491. The second-order valence-electron chi connectivity index (χ2n) is 6.99.